The van der Waals surface area contributed by atoms with Crippen LogP contribution in [0.3, 0.4) is 0 Å². The van der Waals surface area contributed by atoms with Gasteiger partial charge in [-0.3, -0.25) is 4.79 Å². The van der Waals surface area contributed by atoms with Crippen LogP contribution in [-0.2, 0) is 9.53 Å². The van der Waals surface area contributed by atoms with Crippen molar-refractivity contribution in [3.05, 3.63) is 25.0 Å². The highest BCUT2D eigenvalue weighted by Crippen LogP contribution is 1.85. The number of ether oxygens (including phenoxy) is 1. The molecule has 0 rings (SSSR count). The lowest BCUT2D eigenvalue weighted by Gasteiger charge is -1.89. The molecule has 0 spiro atoms. The van der Waals surface area contributed by atoms with E-state index in [2.05, 4.69) is 27.2 Å². The van der Waals surface area contributed by atoms with Crippen molar-refractivity contribution in [1.82, 2.24) is 0 Å². The Kier molecular flexibility index (Phi) is 5.21. The van der Waals surface area contributed by atoms with E-state index in [4.69, 9.17) is 0 Å². The Hall–Kier alpha value is -0.570. The van der Waals surface area contributed by atoms with Crippen LogP contribution in [0.4, 0.5) is 0 Å². The maximum atomic E-state index is 10.3. The van der Waals surface area contributed by atoms with Gasteiger partial charge in [0.2, 0.25) is 0 Å². The minimum Gasteiger partial charge on any atom is -0.434 e. The molecule has 50 valence electrons. The van der Waals surface area contributed by atoms with Crippen LogP contribution in [0.15, 0.2) is 25.0 Å². The molecule has 0 fully saturated rings. The SMILES string of the molecule is C=C/C=C/OC(=O)CBr. The van der Waals surface area contributed by atoms with Gasteiger partial charge in [-0.15, -0.1) is 0 Å². The zero-order valence-corrected chi connectivity index (χ0v) is 6.43. The molecule has 9 heavy (non-hydrogen) atoms. The molecule has 0 aromatic heterocycles. The van der Waals surface area contributed by atoms with Crippen molar-refractivity contribution >= 4 is 21.9 Å². The van der Waals surface area contributed by atoms with Crippen LogP contribution < -0.4 is 0 Å². The van der Waals surface area contributed by atoms with Gasteiger partial charge >= 0.3 is 5.97 Å². The van der Waals surface area contributed by atoms with E-state index >= 15 is 0 Å². The molecule has 0 aliphatic rings. The number of carbonyl (C=O) groups is 1. The van der Waals surface area contributed by atoms with E-state index in [1.54, 1.807) is 6.08 Å². The number of halogens is 1. The summed E-state index contributed by atoms with van der Waals surface area (Å²) in [7, 11) is 0. The smallest absolute Gasteiger partial charge is 0.321 e. The van der Waals surface area contributed by atoms with E-state index in [0.29, 0.717) is 0 Å². The summed E-state index contributed by atoms with van der Waals surface area (Å²) in [5.41, 5.74) is 0. The standard InChI is InChI=1S/C6H7BrO2/c1-2-3-4-9-6(8)5-7/h2-4H,1,5H2/b4-3+. The van der Waals surface area contributed by atoms with Crippen molar-refractivity contribution in [3.8, 4) is 0 Å². The Labute approximate surface area is 62.3 Å². The molecule has 0 aromatic carbocycles. The lowest BCUT2D eigenvalue weighted by atomic mass is 10.6. The van der Waals surface area contributed by atoms with Gasteiger partial charge in [0, 0.05) is 0 Å². The maximum Gasteiger partial charge on any atom is 0.321 e. The summed E-state index contributed by atoms with van der Waals surface area (Å²) < 4.78 is 4.49. The Balaban J connectivity index is 3.37. The summed E-state index contributed by atoms with van der Waals surface area (Å²) in [6, 6.07) is 0. The molecule has 0 atom stereocenters. The molecule has 0 aliphatic carbocycles. The molecule has 0 radical (unpaired) electrons. The van der Waals surface area contributed by atoms with Gasteiger partial charge < -0.3 is 4.74 Å². The van der Waals surface area contributed by atoms with Crippen LogP contribution in [-0.4, -0.2) is 11.3 Å². The second-order valence-electron chi connectivity index (χ2n) is 1.19. The second kappa shape index (κ2) is 5.56. The Morgan fingerprint density at radius 2 is 2.44 bits per heavy atom. The van der Waals surface area contributed by atoms with Crippen LogP contribution in [0, 0.1) is 0 Å². The average Bonchev–Trinajstić information content (AvgIpc) is 1.89. The van der Waals surface area contributed by atoms with Gasteiger partial charge in [0.25, 0.3) is 0 Å². The molecule has 0 aromatic rings. The quantitative estimate of drug-likeness (QED) is 0.293. The maximum absolute atomic E-state index is 10.3. The summed E-state index contributed by atoms with van der Waals surface area (Å²) >= 11 is 2.93. The predicted octanol–water partition coefficient (Wildman–Crippen LogP) is 1.62. The van der Waals surface area contributed by atoms with E-state index in [9.17, 15) is 4.79 Å². The molecular weight excluding hydrogens is 184 g/mol. The van der Waals surface area contributed by atoms with Gasteiger partial charge in [-0.25, -0.2) is 0 Å². The number of hydrogen-bond acceptors (Lipinski definition) is 2. The zero-order valence-electron chi connectivity index (χ0n) is 4.84. The third-order valence-corrected chi connectivity index (χ3v) is 0.981. The number of allylic oxidation sites excluding steroid dienone is 2. The first-order valence-corrected chi connectivity index (χ1v) is 3.46. The first-order chi connectivity index (χ1) is 4.31. The molecule has 0 bridgehead atoms. The molecule has 0 amide bonds. The van der Waals surface area contributed by atoms with Crippen molar-refractivity contribution in [1.29, 1.82) is 0 Å². The number of hydrogen-bond donors (Lipinski definition) is 0. The summed E-state index contributed by atoms with van der Waals surface area (Å²) in [4.78, 5) is 10.3. The monoisotopic (exact) mass is 190 g/mol. The lowest BCUT2D eigenvalue weighted by Crippen LogP contribution is -1.98. The lowest BCUT2D eigenvalue weighted by molar-refractivity contribution is -0.134. The van der Waals surface area contributed by atoms with E-state index in [0.717, 1.165) is 0 Å². The minimum atomic E-state index is -0.312. The van der Waals surface area contributed by atoms with Crippen LogP contribution in [0.25, 0.3) is 0 Å². The van der Waals surface area contributed by atoms with Crippen LogP contribution in [0.1, 0.15) is 0 Å². The Morgan fingerprint density at radius 3 is 2.89 bits per heavy atom. The van der Waals surface area contributed by atoms with Gasteiger partial charge in [-0.05, 0) is 6.08 Å². The van der Waals surface area contributed by atoms with Crippen LogP contribution >= 0.6 is 15.9 Å². The van der Waals surface area contributed by atoms with Gasteiger partial charge in [0.05, 0.1) is 6.26 Å². The van der Waals surface area contributed by atoms with Crippen molar-refractivity contribution in [3.63, 3.8) is 0 Å². The molecule has 2 nitrogen and oxygen atoms in total. The van der Waals surface area contributed by atoms with Gasteiger partial charge in [-0.2, -0.15) is 0 Å². The largest absolute Gasteiger partial charge is 0.434 e. The van der Waals surface area contributed by atoms with Gasteiger partial charge in [-0.1, -0.05) is 28.6 Å². The number of alkyl halides is 1. The highest BCUT2D eigenvalue weighted by atomic mass is 79.9. The molecule has 0 saturated carbocycles. The highest BCUT2D eigenvalue weighted by molar-refractivity contribution is 9.09. The fourth-order valence-corrected chi connectivity index (χ4v) is 0.334. The molecule has 0 aliphatic heterocycles. The fourth-order valence-electron chi connectivity index (χ4n) is 0.202. The minimum absolute atomic E-state index is 0.217. The summed E-state index contributed by atoms with van der Waals surface area (Å²) in [5.74, 6) is -0.312. The summed E-state index contributed by atoms with van der Waals surface area (Å²) in [5, 5.41) is 0.217. The molecule has 0 unspecified atom stereocenters. The Morgan fingerprint density at radius 1 is 1.78 bits per heavy atom. The summed E-state index contributed by atoms with van der Waals surface area (Å²) in [6.45, 7) is 3.39. The second-order valence-corrected chi connectivity index (χ2v) is 1.75. The van der Waals surface area contributed by atoms with Crippen molar-refractivity contribution in [2.75, 3.05) is 5.33 Å². The van der Waals surface area contributed by atoms with E-state index in [1.807, 2.05) is 0 Å². The van der Waals surface area contributed by atoms with Crippen LogP contribution in [0.2, 0.25) is 0 Å². The molecule has 0 saturated heterocycles. The van der Waals surface area contributed by atoms with Crippen molar-refractivity contribution < 1.29 is 9.53 Å². The Bertz CT molecular complexity index is 129. The average molecular weight is 191 g/mol. The molecule has 0 heterocycles. The zero-order chi connectivity index (χ0) is 7.11. The first-order valence-electron chi connectivity index (χ1n) is 2.34. The van der Waals surface area contributed by atoms with E-state index in [-0.39, 0.29) is 11.3 Å². The number of esters is 1. The third-order valence-electron chi connectivity index (χ3n) is 0.523. The normalized spacial score (nSPS) is 9.44. The fraction of sp³-hybridized carbons (Fsp3) is 0.167. The molecular formula is C6H7BrO2. The van der Waals surface area contributed by atoms with Crippen molar-refractivity contribution in [2.24, 2.45) is 0 Å². The van der Waals surface area contributed by atoms with Gasteiger partial charge in [0.1, 0.15) is 5.33 Å². The number of rotatable bonds is 3. The molecule has 0 N–H and O–H groups in total. The highest BCUT2D eigenvalue weighted by Gasteiger charge is 1.92. The first kappa shape index (κ1) is 8.43. The van der Waals surface area contributed by atoms with Crippen molar-refractivity contribution in [2.45, 2.75) is 0 Å². The topological polar surface area (TPSA) is 26.3 Å². The van der Waals surface area contributed by atoms with E-state index < -0.39 is 0 Å². The number of carbonyl (C=O) groups excluding carboxylic acids is 1. The summed E-state index contributed by atoms with van der Waals surface area (Å²) in [6.07, 6.45) is 4.36. The van der Waals surface area contributed by atoms with Crippen LogP contribution in [0.5, 0.6) is 0 Å². The van der Waals surface area contributed by atoms with Gasteiger partial charge in [0.15, 0.2) is 0 Å². The predicted molar refractivity (Wildman–Crippen MR) is 39.2 cm³/mol. The molecule has 3 heteroatoms. The third kappa shape index (κ3) is 5.30. The van der Waals surface area contributed by atoms with E-state index in [1.165, 1.54) is 12.3 Å².